The highest BCUT2D eigenvalue weighted by Crippen LogP contribution is 2.35. The molecule has 0 fully saturated rings. The molecule has 2 amide bonds. The fourth-order valence-corrected chi connectivity index (χ4v) is 3.15. The van der Waals surface area contributed by atoms with Gasteiger partial charge in [-0.1, -0.05) is 0 Å². The lowest BCUT2D eigenvalue weighted by Crippen LogP contribution is -2.36. The summed E-state index contributed by atoms with van der Waals surface area (Å²) in [6.45, 7) is 0.569. The van der Waals surface area contributed by atoms with Gasteiger partial charge in [0, 0.05) is 18.9 Å². The van der Waals surface area contributed by atoms with Gasteiger partial charge in [-0.25, -0.2) is 4.79 Å². The fourth-order valence-electron chi connectivity index (χ4n) is 3.15. The molecule has 3 rings (SSSR count). The zero-order chi connectivity index (χ0) is 21.2. The molecule has 2 heterocycles. The first-order chi connectivity index (χ1) is 13.7. The van der Waals surface area contributed by atoms with Gasteiger partial charge in [0.2, 0.25) is 0 Å². The predicted octanol–water partition coefficient (Wildman–Crippen LogP) is 3.49. The molecule has 1 aliphatic heterocycles. The van der Waals surface area contributed by atoms with Gasteiger partial charge in [-0.05, 0) is 35.7 Å². The third kappa shape index (κ3) is 4.25. The largest absolute Gasteiger partial charge is 0.495 e. The monoisotopic (exact) mass is 409 g/mol. The van der Waals surface area contributed by atoms with Crippen LogP contribution in [0, 0.1) is 0 Å². The number of hydrogen-bond acceptors (Lipinski definition) is 5. The molecule has 1 aliphatic rings. The number of hydrogen-bond donors (Lipinski definition) is 1. The molecule has 0 saturated carbocycles. The second-order valence-corrected chi connectivity index (χ2v) is 6.33. The average Bonchev–Trinajstić information content (AvgIpc) is 2.71. The van der Waals surface area contributed by atoms with Crippen LogP contribution in [-0.4, -0.2) is 42.6 Å². The number of fused-ring (bicyclic) bond motifs is 1. The van der Waals surface area contributed by atoms with Gasteiger partial charge in [-0.3, -0.25) is 9.78 Å². The number of nitrogens with one attached hydrogen (secondary N) is 1. The van der Waals surface area contributed by atoms with Gasteiger partial charge in [0.05, 0.1) is 37.6 Å². The number of rotatable bonds is 3. The Bertz CT molecular complexity index is 947. The van der Waals surface area contributed by atoms with Gasteiger partial charge in [-0.15, -0.1) is 0 Å². The summed E-state index contributed by atoms with van der Waals surface area (Å²) in [5.41, 5.74) is 0.577. The zero-order valence-corrected chi connectivity index (χ0v) is 15.7. The van der Waals surface area contributed by atoms with Gasteiger partial charge < -0.3 is 19.7 Å². The normalized spacial score (nSPS) is 13.5. The Morgan fingerprint density at radius 3 is 2.62 bits per heavy atom. The molecule has 1 aromatic heterocycles. The molecule has 0 saturated heterocycles. The Hall–Kier alpha value is -3.30. The van der Waals surface area contributed by atoms with Crippen LogP contribution in [0.25, 0.3) is 0 Å². The lowest BCUT2D eigenvalue weighted by molar-refractivity contribution is -0.137. The van der Waals surface area contributed by atoms with Crippen molar-refractivity contribution < 1.29 is 32.2 Å². The molecule has 0 unspecified atom stereocenters. The fraction of sp³-hybridized carbons (Fsp3) is 0.316. The first-order valence-electron chi connectivity index (χ1n) is 8.59. The van der Waals surface area contributed by atoms with Crippen LogP contribution in [0.2, 0.25) is 0 Å². The molecule has 1 N–H and O–H groups in total. The van der Waals surface area contributed by atoms with Crippen LogP contribution >= 0.6 is 0 Å². The summed E-state index contributed by atoms with van der Waals surface area (Å²) >= 11 is 0. The molecule has 29 heavy (non-hydrogen) atoms. The van der Waals surface area contributed by atoms with Crippen LogP contribution in [0.1, 0.15) is 27.0 Å². The molecule has 2 aromatic rings. The Labute approximate surface area is 164 Å². The van der Waals surface area contributed by atoms with Crippen LogP contribution < -0.4 is 10.1 Å². The van der Waals surface area contributed by atoms with E-state index in [1.165, 1.54) is 25.3 Å². The summed E-state index contributed by atoms with van der Waals surface area (Å²) < 4.78 is 48.8. The maximum absolute atomic E-state index is 13.0. The van der Waals surface area contributed by atoms with Crippen molar-refractivity contribution in [2.24, 2.45) is 0 Å². The molecule has 154 valence electrons. The first kappa shape index (κ1) is 20.4. The van der Waals surface area contributed by atoms with Crippen molar-refractivity contribution in [3.8, 4) is 5.75 Å². The minimum absolute atomic E-state index is 0.0981. The van der Waals surface area contributed by atoms with Crippen LogP contribution in [0.15, 0.2) is 30.6 Å². The summed E-state index contributed by atoms with van der Waals surface area (Å²) in [5.74, 6) is -0.514. The molecule has 1 aromatic carbocycles. The number of carbonyl (C=O) groups is 2. The number of benzene rings is 1. The number of carbonyl (C=O) groups excluding carboxylic acids is 2. The number of anilines is 1. The van der Waals surface area contributed by atoms with E-state index in [1.807, 2.05) is 0 Å². The van der Waals surface area contributed by atoms with E-state index < -0.39 is 23.7 Å². The molecule has 0 radical (unpaired) electrons. The maximum Gasteiger partial charge on any atom is 0.416 e. The third-order valence-electron chi connectivity index (χ3n) is 4.59. The average molecular weight is 409 g/mol. The van der Waals surface area contributed by atoms with Gasteiger partial charge in [0.25, 0.3) is 5.91 Å². The number of methoxy groups -OCH3 is 2. The van der Waals surface area contributed by atoms with Crippen LogP contribution in [0.5, 0.6) is 5.75 Å². The van der Waals surface area contributed by atoms with E-state index in [9.17, 15) is 22.8 Å². The maximum atomic E-state index is 13.0. The minimum atomic E-state index is -4.56. The van der Waals surface area contributed by atoms with E-state index in [0.717, 1.165) is 18.2 Å². The van der Waals surface area contributed by atoms with E-state index in [1.54, 1.807) is 6.20 Å². The molecular weight excluding hydrogens is 391 g/mol. The van der Waals surface area contributed by atoms with Gasteiger partial charge >= 0.3 is 12.3 Å². The van der Waals surface area contributed by atoms with Gasteiger partial charge in [0.15, 0.2) is 0 Å². The predicted molar refractivity (Wildman–Crippen MR) is 96.7 cm³/mol. The highest BCUT2D eigenvalue weighted by molar-refractivity contribution is 6.06. The third-order valence-corrected chi connectivity index (χ3v) is 4.59. The summed E-state index contributed by atoms with van der Waals surface area (Å²) in [6.07, 6.45) is -1.76. The summed E-state index contributed by atoms with van der Waals surface area (Å²) in [6, 6.07) is 2.84. The summed E-state index contributed by atoms with van der Waals surface area (Å²) in [4.78, 5) is 30.0. The summed E-state index contributed by atoms with van der Waals surface area (Å²) in [5, 5.41) is 2.48. The number of amides is 2. The highest BCUT2D eigenvalue weighted by atomic mass is 19.4. The molecule has 7 nitrogen and oxygen atoms in total. The van der Waals surface area contributed by atoms with Crippen LogP contribution in [-0.2, 0) is 23.9 Å². The quantitative estimate of drug-likeness (QED) is 0.840. The second kappa shape index (κ2) is 7.98. The van der Waals surface area contributed by atoms with Crippen molar-refractivity contribution in [3.63, 3.8) is 0 Å². The minimum Gasteiger partial charge on any atom is -0.495 e. The number of alkyl halides is 3. The van der Waals surface area contributed by atoms with E-state index >= 15 is 0 Å². The van der Waals surface area contributed by atoms with Crippen molar-refractivity contribution in [1.82, 2.24) is 9.88 Å². The van der Waals surface area contributed by atoms with Crippen molar-refractivity contribution >= 4 is 17.7 Å². The number of halogens is 3. The first-order valence-corrected chi connectivity index (χ1v) is 8.59. The lowest BCUT2D eigenvalue weighted by Gasteiger charge is -2.28. The Kier molecular flexibility index (Phi) is 5.62. The molecular formula is C19H18F3N3O4. The van der Waals surface area contributed by atoms with Crippen molar-refractivity contribution in [3.05, 3.63) is 52.8 Å². The van der Waals surface area contributed by atoms with Crippen molar-refractivity contribution in [2.45, 2.75) is 19.1 Å². The zero-order valence-electron chi connectivity index (χ0n) is 15.7. The lowest BCUT2D eigenvalue weighted by atomic mass is 9.97. The van der Waals surface area contributed by atoms with Crippen LogP contribution in [0.4, 0.5) is 23.7 Å². The number of pyridine rings is 1. The van der Waals surface area contributed by atoms with Crippen molar-refractivity contribution in [2.75, 3.05) is 26.1 Å². The van der Waals surface area contributed by atoms with Gasteiger partial charge in [0.1, 0.15) is 5.75 Å². The topological polar surface area (TPSA) is 80.8 Å². The second-order valence-electron chi connectivity index (χ2n) is 6.33. The Morgan fingerprint density at radius 2 is 1.97 bits per heavy atom. The van der Waals surface area contributed by atoms with E-state index in [4.69, 9.17) is 9.47 Å². The highest BCUT2D eigenvalue weighted by Gasteiger charge is 2.32. The Morgan fingerprint density at radius 1 is 1.21 bits per heavy atom. The molecule has 0 spiro atoms. The number of nitrogens with zero attached hydrogens (tertiary/aromatic N) is 2. The van der Waals surface area contributed by atoms with Crippen LogP contribution in [0.3, 0.4) is 0 Å². The van der Waals surface area contributed by atoms with Gasteiger partial charge in [-0.2, -0.15) is 13.2 Å². The van der Waals surface area contributed by atoms with Crippen molar-refractivity contribution in [1.29, 1.82) is 0 Å². The SMILES string of the molecule is COC(=O)N1CCc2c(cncc2C(=O)Nc2cc(C(F)(F)F)ccc2OC)C1. The summed E-state index contributed by atoms with van der Waals surface area (Å²) in [7, 11) is 2.58. The van der Waals surface area contributed by atoms with E-state index in [0.29, 0.717) is 24.1 Å². The molecule has 0 bridgehead atoms. The van der Waals surface area contributed by atoms with E-state index in [-0.39, 0.29) is 23.5 Å². The standard InChI is InChI=1S/C19H18F3N3O4/c1-28-16-4-3-12(19(20,21)22)7-15(16)24-17(26)14-9-23-8-11-10-25(18(27)29-2)6-5-13(11)14/h3-4,7-9H,5-6,10H2,1-2H3,(H,24,26). The molecule has 10 heteroatoms. The molecule has 0 aliphatic carbocycles. The van der Waals surface area contributed by atoms with E-state index in [2.05, 4.69) is 10.3 Å². The molecule has 0 atom stereocenters. The number of aromatic nitrogens is 1. The smallest absolute Gasteiger partial charge is 0.416 e. The Balaban J connectivity index is 1.89. The number of ether oxygens (including phenoxy) is 2.